The Kier molecular flexibility index (Phi) is 1.29. The van der Waals surface area contributed by atoms with Crippen molar-refractivity contribution in [2.45, 2.75) is 25.0 Å². The third-order valence-corrected chi connectivity index (χ3v) is 3.00. The summed E-state index contributed by atoms with van der Waals surface area (Å²) in [6.45, 7) is 1.43. The number of nitrogens with two attached hydrogens (primary N) is 1. The molecule has 1 aromatic heterocycles. The van der Waals surface area contributed by atoms with Crippen molar-refractivity contribution in [2.24, 2.45) is 5.73 Å². The van der Waals surface area contributed by atoms with Gasteiger partial charge in [-0.25, -0.2) is 9.78 Å². The lowest BCUT2D eigenvalue weighted by Gasteiger charge is -2.16. The van der Waals surface area contributed by atoms with Crippen LogP contribution in [0.4, 0.5) is 5.82 Å². The van der Waals surface area contributed by atoms with E-state index in [9.17, 15) is 4.79 Å². The van der Waals surface area contributed by atoms with Crippen molar-refractivity contribution in [3.63, 3.8) is 0 Å². The number of nitrogens with zero attached hydrogens (tertiary/aromatic N) is 3. The standard InChI is InChI=1S/C9H12N4O/c10-6-3-7-5-13-8(12(7)4-6)1-2-11-9(13)14/h1-2,6-7H,3-5,10H2/t6-,7-/m0/s1/i2D. The minimum atomic E-state index is -0.319. The van der Waals surface area contributed by atoms with Gasteiger partial charge in [0, 0.05) is 25.3 Å². The van der Waals surface area contributed by atoms with Crippen LogP contribution in [0.3, 0.4) is 0 Å². The SMILES string of the molecule is [2H]c1cc2n(c(=O)n1)C[C@@H]1C[C@H](N)CN21. The monoisotopic (exact) mass is 193 g/mol. The highest BCUT2D eigenvalue weighted by Crippen LogP contribution is 2.30. The molecule has 1 saturated heterocycles. The zero-order valence-corrected chi connectivity index (χ0v) is 7.68. The van der Waals surface area contributed by atoms with Crippen molar-refractivity contribution in [3.05, 3.63) is 22.7 Å². The smallest absolute Gasteiger partial charge is 0.349 e. The molecule has 74 valence electrons. The molecule has 0 bridgehead atoms. The van der Waals surface area contributed by atoms with Crippen LogP contribution < -0.4 is 16.3 Å². The lowest BCUT2D eigenvalue weighted by molar-refractivity contribution is 0.582. The number of hydrogen-bond acceptors (Lipinski definition) is 4. The van der Waals surface area contributed by atoms with E-state index in [2.05, 4.69) is 9.88 Å². The molecule has 2 aliphatic rings. The molecule has 1 aromatic rings. The molecular weight excluding hydrogens is 180 g/mol. The fourth-order valence-electron chi connectivity index (χ4n) is 2.41. The maximum absolute atomic E-state index is 11.5. The van der Waals surface area contributed by atoms with Crippen LogP contribution in [-0.2, 0) is 6.54 Å². The topological polar surface area (TPSA) is 64.1 Å². The predicted octanol–water partition coefficient (Wildman–Crippen LogP) is -0.837. The van der Waals surface area contributed by atoms with Crippen molar-refractivity contribution in [3.8, 4) is 0 Å². The van der Waals surface area contributed by atoms with Crippen LogP contribution in [0, 0.1) is 0 Å². The third kappa shape index (κ3) is 0.928. The Balaban J connectivity index is 2.12. The minimum absolute atomic E-state index is 0.0346. The van der Waals surface area contributed by atoms with Crippen molar-refractivity contribution >= 4 is 5.82 Å². The van der Waals surface area contributed by atoms with E-state index in [4.69, 9.17) is 7.10 Å². The van der Waals surface area contributed by atoms with E-state index in [1.54, 1.807) is 10.6 Å². The molecule has 0 amide bonds. The fourth-order valence-corrected chi connectivity index (χ4v) is 2.41. The summed E-state index contributed by atoms with van der Waals surface area (Å²) < 4.78 is 9.06. The Morgan fingerprint density at radius 1 is 1.64 bits per heavy atom. The highest BCUT2D eigenvalue weighted by Gasteiger charge is 2.37. The maximum Gasteiger partial charge on any atom is 0.349 e. The van der Waals surface area contributed by atoms with Gasteiger partial charge in [0.05, 0.1) is 7.41 Å². The maximum atomic E-state index is 11.5. The zero-order valence-electron chi connectivity index (χ0n) is 8.68. The van der Waals surface area contributed by atoms with E-state index in [0.717, 1.165) is 18.8 Å². The first-order valence-electron chi connectivity index (χ1n) is 5.26. The van der Waals surface area contributed by atoms with Gasteiger partial charge < -0.3 is 10.6 Å². The molecule has 0 aromatic carbocycles. The van der Waals surface area contributed by atoms with Crippen molar-refractivity contribution in [2.75, 3.05) is 11.4 Å². The van der Waals surface area contributed by atoms with Crippen molar-refractivity contribution < 1.29 is 1.37 Å². The minimum Gasteiger partial charge on any atom is -0.351 e. The largest absolute Gasteiger partial charge is 0.351 e. The zero-order chi connectivity index (χ0) is 10.6. The van der Waals surface area contributed by atoms with E-state index < -0.39 is 0 Å². The molecule has 2 N–H and O–H groups in total. The number of hydrogen-bond donors (Lipinski definition) is 1. The van der Waals surface area contributed by atoms with Gasteiger partial charge in [-0.05, 0) is 12.5 Å². The number of rotatable bonds is 0. The first-order chi connectivity index (χ1) is 7.15. The normalized spacial score (nSPS) is 30.1. The van der Waals surface area contributed by atoms with Gasteiger partial charge in [-0.15, -0.1) is 0 Å². The quantitative estimate of drug-likeness (QED) is 0.583. The van der Waals surface area contributed by atoms with Crippen LogP contribution in [0.25, 0.3) is 0 Å². The van der Waals surface area contributed by atoms with Gasteiger partial charge >= 0.3 is 5.69 Å². The van der Waals surface area contributed by atoms with E-state index in [0.29, 0.717) is 12.6 Å². The van der Waals surface area contributed by atoms with Gasteiger partial charge in [0.25, 0.3) is 0 Å². The molecule has 5 heteroatoms. The molecule has 2 atom stereocenters. The highest BCUT2D eigenvalue weighted by atomic mass is 16.1. The van der Waals surface area contributed by atoms with Crippen LogP contribution in [-0.4, -0.2) is 28.2 Å². The van der Waals surface area contributed by atoms with Gasteiger partial charge in [-0.1, -0.05) is 0 Å². The van der Waals surface area contributed by atoms with E-state index in [1.807, 2.05) is 0 Å². The Morgan fingerprint density at radius 2 is 2.50 bits per heavy atom. The Hall–Kier alpha value is -1.36. The number of aromatic nitrogens is 2. The fraction of sp³-hybridized carbons (Fsp3) is 0.556. The molecule has 3 heterocycles. The summed E-state index contributed by atoms with van der Waals surface area (Å²) in [5.41, 5.74) is 5.55. The summed E-state index contributed by atoms with van der Waals surface area (Å²) in [6.07, 6.45) is 0.946. The molecule has 0 spiro atoms. The molecule has 1 fully saturated rings. The second-order valence-electron chi connectivity index (χ2n) is 3.94. The number of fused-ring (bicyclic) bond motifs is 3. The van der Waals surface area contributed by atoms with Crippen LogP contribution >= 0.6 is 0 Å². The van der Waals surface area contributed by atoms with E-state index in [-0.39, 0.29) is 17.9 Å². The molecule has 3 rings (SSSR count). The van der Waals surface area contributed by atoms with Gasteiger partial charge in [-0.2, -0.15) is 0 Å². The van der Waals surface area contributed by atoms with Gasteiger partial charge in [0.15, 0.2) is 0 Å². The van der Waals surface area contributed by atoms with Crippen molar-refractivity contribution in [1.82, 2.24) is 9.55 Å². The predicted molar refractivity (Wildman–Crippen MR) is 52.2 cm³/mol. The summed E-state index contributed by atoms with van der Waals surface area (Å²) in [5, 5.41) is 0. The molecule has 0 aliphatic carbocycles. The molecular formula is C9H12N4O. The molecule has 14 heavy (non-hydrogen) atoms. The van der Waals surface area contributed by atoms with Gasteiger partial charge in [0.1, 0.15) is 5.82 Å². The highest BCUT2D eigenvalue weighted by molar-refractivity contribution is 5.45. The van der Waals surface area contributed by atoms with Gasteiger partial charge in [-0.3, -0.25) is 4.57 Å². The second-order valence-corrected chi connectivity index (χ2v) is 3.94. The Morgan fingerprint density at radius 3 is 3.36 bits per heavy atom. The van der Waals surface area contributed by atoms with E-state index in [1.165, 1.54) is 0 Å². The average molecular weight is 193 g/mol. The summed E-state index contributed by atoms with van der Waals surface area (Å²) in [7, 11) is 0. The molecule has 2 aliphatic heterocycles. The second kappa shape index (κ2) is 2.57. The first-order valence-corrected chi connectivity index (χ1v) is 4.76. The average Bonchev–Trinajstić information content (AvgIpc) is 2.63. The summed E-state index contributed by atoms with van der Waals surface area (Å²) >= 11 is 0. The molecule has 0 radical (unpaired) electrons. The number of anilines is 1. The molecule has 0 saturated carbocycles. The van der Waals surface area contributed by atoms with Crippen LogP contribution in [0.1, 0.15) is 7.79 Å². The Bertz CT molecular complexity index is 472. The van der Waals surface area contributed by atoms with Crippen LogP contribution in [0.5, 0.6) is 0 Å². The Labute approximate surface area is 82.6 Å². The lowest BCUT2D eigenvalue weighted by atomic mass is 10.2. The molecule has 5 nitrogen and oxygen atoms in total. The summed E-state index contributed by atoms with van der Waals surface area (Å²) in [4.78, 5) is 17.2. The van der Waals surface area contributed by atoms with Crippen LogP contribution in [0.2, 0.25) is 0 Å². The first kappa shape index (κ1) is 7.00. The van der Waals surface area contributed by atoms with Crippen molar-refractivity contribution in [1.29, 1.82) is 0 Å². The summed E-state index contributed by atoms with van der Waals surface area (Å²) in [6, 6.07) is 2.14. The summed E-state index contributed by atoms with van der Waals surface area (Å²) in [5.74, 6) is 0.804. The third-order valence-electron chi connectivity index (χ3n) is 3.00. The van der Waals surface area contributed by atoms with Gasteiger partial charge in [0.2, 0.25) is 0 Å². The van der Waals surface area contributed by atoms with Crippen LogP contribution in [0.15, 0.2) is 17.0 Å². The van der Waals surface area contributed by atoms with E-state index >= 15 is 0 Å². The molecule has 0 unspecified atom stereocenters. The lowest BCUT2D eigenvalue weighted by Crippen LogP contribution is -2.28.